The van der Waals surface area contributed by atoms with Crippen molar-refractivity contribution in [2.75, 3.05) is 6.61 Å². The highest BCUT2D eigenvalue weighted by Gasteiger charge is 2.24. The van der Waals surface area contributed by atoms with Crippen molar-refractivity contribution in [3.05, 3.63) is 23.7 Å². The number of hydrazine groups is 1. The fourth-order valence-electron chi connectivity index (χ4n) is 1.78. The molecule has 17 heavy (non-hydrogen) atoms. The van der Waals surface area contributed by atoms with Crippen LogP contribution in [0, 0.1) is 0 Å². The summed E-state index contributed by atoms with van der Waals surface area (Å²) < 4.78 is 10.8. The van der Waals surface area contributed by atoms with Gasteiger partial charge in [-0.15, -0.1) is 11.8 Å². The maximum Gasteiger partial charge on any atom is 0.268 e. The van der Waals surface area contributed by atoms with Gasteiger partial charge in [-0.3, -0.25) is 10.2 Å². The summed E-state index contributed by atoms with van der Waals surface area (Å²) in [6.45, 7) is 2.91. The van der Waals surface area contributed by atoms with Crippen LogP contribution in [0.5, 0.6) is 0 Å². The third-order valence-electron chi connectivity index (χ3n) is 2.79. The van der Waals surface area contributed by atoms with E-state index in [1.807, 2.05) is 0 Å². The Hall–Kier alpha value is -0.980. The lowest BCUT2D eigenvalue weighted by atomic mass is 10.3. The van der Waals surface area contributed by atoms with Crippen LogP contribution in [-0.4, -0.2) is 23.9 Å². The second kappa shape index (κ2) is 5.57. The van der Waals surface area contributed by atoms with Gasteiger partial charge in [-0.25, -0.2) is 5.84 Å². The normalized spacial score (nSPS) is 23.9. The van der Waals surface area contributed by atoms with E-state index < -0.39 is 0 Å². The lowest BCUT2D eigenvalue weighted by molar-refractivity contribution is 0.0953. The molecule has 3 N–H and O–H groups in total. The van der Waals surface area contributed by atoms with Crippen LogP contribution in [-0.2, 0) is 10.5 Å². The Labute approximate surface area is 104 Å². The summed E-state index contributed by atoms with van der Waals surface area (Å²) in [5, 5.41) is 0.506. The first-order chi connectivity index (χ1) is 8.20. The van der Waals surface area contributed by atoms with Gasteiger partial charge >= 0.3 is 0 Å². The average Bonchev–Trinajstić information content (AvgIpc) is 2.94. The van der Waals surface area contributed by atoms with Crippen molar-refractivity contribution in [1.29, 1.82) is 0 Å². The summed E-state index contributed by atoms with van der Waals surface area (Å²) in [7, 11) is 0. The SMILES string of the molecule is CC1OCCC1SCc1cc(C(=O)NN)co1. The molecule has 0 saturated carbocycles. The summed E-state index contributed by atoms with van der Waals surface area (Å²) in [4.78, 5) is 11.2. The zero-order valence-electron chi connectivity index (χ0n) is 9.64. The van der Waals surface area contributed by atoms with Crippen LogP contribution < -0.4 is 11.3 Å². The van der Waals surface area contributed by atoms with Gasteiger partial charge in [0.15, 0.2) is 0 Å². The molecule has 2 heterocycles. The summed E-state index contributed by atoms with van der Waals surface area (Å²) in [6, 6.07) is 1.72. The Balaban J connectivity index is 1.86. The molecular weight excluding hydrogens is 240 g/mol. The first-order valence-electron chi connectivity index (χ1n) is 5.52. The fourth-order valence-corrected chi connectivity index (χ4v) is 2.92. The van der Waals surface area contributed by atoms with Crippen LogP contribution in [0.2, 0.25) is 0 Å². The maximum absolute atomic E-state index is 11.2. The van der Waals surface area contributed by atoms with Crippen LogP contribution in [0.1, 0.15) is 29.5 Å². The highest BCUT2D eigenvalue weighted by molar-refractivity contribution is 7.99. The van der Waals surface area contributed by atoms with Crippen molar-refractivity contribution in [1.82, 2.24) is 5.43 Å². The van der Waals surface area contributed by atoms with E-state index in [2.05, 4.69) is 12.3 Å². The van der Waals surface area contributed by atoms with Crippen LogP contribution in [0.15, 0.2) is 16.7 Å². The Kier molecular flexibility index (Phi) is 4.09. The van der Waals surface area contributed by atoms with Crippen LogP contribution in [0.3, 0.4) is 0 Å². The minimum atomic E-state index is -0.331. The van der Waals surface area contributed by atoms with Crippen molar-refractivity contribution in [2.24, 2.45) is 5.84 Å². The monoisotopic (exact) mass is 256 g/mol. The number of rotatable bonds is 4. The molecule has 1 saturated heterocycles. The van der Waals surface area contributed by atoms with Crippen LogP contribution in [0.4, 0.5) is 0 Å². The molecule has 2 rings (SSSR count). The molecule has 1 aliphatic rings. The van der Waals surface area contributed by atoms with E-state index in [-0.39, 0.29) is 5.91 Å². The third-order valence-corrected chi connectivity index (χ3v) is 4.29. The topological polar surface area (TPSA) is 77.5 Å². The minimum absolute atomic E-state index is 0.293. The van der Waals surface area contributed by atoms with Crippen molar-refractivity contribution >= 4 is 17.7 Å². The molecule has 1 aliphatic heterocycles. The van der Waals surface area contributed by atoms with Gasteiger partial charge in [0.05, 0.1) is 17.4 Å². The Morgan fingerprint density at radius 3 is 3.18 bits per heavy atom. The molecule has 1 aromatic rings. The first kappa shape index (κ1) is 12.5. The van der Waals surface area contributed by atoms with E-state index in [0.717, 1.165) is 24.5 Å². The van der Waals surface area contributed by atoms with Gasteiger partial charge in [0.25, 0.3) is 5.91 Å². The van der Waals surface area contributed by atoms with Crippen molar-refractivity contribution in [3.8, 4) is 0 Å². The summed E-state index contributed by atoms with van der Waals surface area (Å²) in [5.74, 6) is 6.24. The number of carbonyl (C=O) groups is 1. The molecule has 6 heteroatoms. The summed E-state index contributed by atoms with van der Waals surface area (Å²) in [6.07, 6.45) is 2.79. The number of hydrogen-bond acceptors (Lipinski definition) is 5. The number of nitrogen functional groups attached to an aromatic ring is 1. The number of hydrogen-bond donors (Lipinski definition) is 2. The van der Waals surface area contributed by atoms with Crippen molar-refractivity contribution in [2.45, 2.75) is 30.5 Å². The van der Waals surface area contributed by atoms with Gasteiger partial charge in [0.2, 0.25) is 0 Å². The number of nitrogens with two attached hydrogens (primary N) is 1. The molecule has 0 radical (unpaired) electrons. The highest BCUT2D eigenvalue weighted by atomic mass is 32.2. The molecule has 5 nitrogen and oxygen atoms in total. The fraction of sp³-hybridized carbons (Fsp3) is 0.545. The highest BCUT2D eigenvalue weighted by Crippen LogP contribution is 2.29. The molecule has 0 bridgehead atoms. The second-order valence-corrected chi connectivity index (χ2v) is 5.22. The van der Waals surface area contributed by atoms with E-state index in [9.17, 15) is 4.79 Å². The van der Waals surface area contributed by atoms with E-state index in [1.54, 1.807) is 17.8 Å². The standard InChI is InChI=1S/C11H16N2O3S/c1-7-10(2-3-15-7)17-6-9-4-8(5-16-9)11(14)13-12/h4-5,7,10H,2-3,6,12H2,1H3,(H,13,14). The van der Waals surface area contributed by atoms with Gasteiger partial charge in [-0.2, -0.15) is 0 Å². The largest absolute Gasteiger partial charge is 0.468 e. The lowest BCUT2D eigenvalue weighted by Crippen LogP contribution is -2.29. The zero-order valence-corrected chi connectivity index (χ0v) is 10.5. The Morgan fingerprint density at radius 1 is 1.71 bits per heavy atom. The smallest absolute Gasteiger partial charge is 0.268 e. The van der Waals surface area contributed by atoms with Gasteiger partial charge in [-0.1, -0.05) is 0 Å². The number of ether oxygens (including phenoxy) is 1. The minimum Gasteiger partial charge on any atom is -0.468 e. The van der Waals surface area contributed by atoms with Crippen LogP contribution in [0.25, 0.3) is 0 Å². The quantitative estimate of drug-likeness (QED) is 0.482. The summed E-state index contributed by atoms with van der Waals surface area (Å²) in [5.41, 5.74) is 2.53. The summed E-state index contributed by atoms with van der Waals surface area (Å²) >= 11 is 1.80. The van der Waals surface area contributed by atoms with Gasteiger partial charge in [0, 0.05) is 11.9 Å². The molecule has 1 aromatic heterocycles. The van der Waals surface area contributed by atoms with Gasteiger partial charge in [0.1, 0.15) is 12.0 Å². The van der Waals surface area contributed by atoms with Gasteiger partial charge in [-0.05, 0) is 19.4 Å². The zero-order chi connectivity index (χ0) is 12.3. The molecule has 2 atom stereocenters. The van der Waals surface area contributed by atoms with E-state index in [1.165, 1.54) is 6.26 Å². The predicted molar refractivity (Wildman–Crippen MR) is 65.5 cm³/mol. The van der Waals surface area contributed by atoms with Crippen LogP contribution >= 0.6 is 11.8 Å². The maximum atomic E-state index is 11.2. The predicted octanol–water partition coefficient (Wildman–Crippen LogP) is 1.29. The number of furan rings is 1. The lowest BCUT2D eigenvalue weighted by Gasteiger charge is -2.11. The number of carbonyl (C=O) groups excluding carboxylic acids is 1. The molecule has 0 aliphatic carbocycles. The number of nitrogens with one attached hydrogen (secondary N) is 1. The molecule has 2 unspecified atom stereocenters. The average molecular weight is 256 g/mol. The molecule has 1 amide bonds. The second-order valence-electron chi connectivity index (χ2n) is 3.99. The van der Waals surface area contributed by atoms with Crippen molar-refractivity contribution < 1.29 is 13.9 Å². The third kappa shape index (κ3) is 3.02. The molecule has 0 spiro atoms. The molecular formula is C11H16N2O3S. The number of amides is 1. The molecule has 0 aromatic carbocycles. The van der Waals surface area contributed by atoms with E-state index in [4.69, 9.17) is 15.0 Å². The first-order valence-corrected chi connectivity index (χ1v) is 6.57. The van der Waals surface area contributed by atoms with E-state index >= 15 is 0 Å². The van der Waals surface area contributed by atoms with Crippen molar-refractivity contribution in [3.63, 3.8) is 0 Å². The Morgan fingerprint density at radius 2 is 2.53 bits per heavy atom. The Bertz CT molecular complexity index is 394. The van der Waals surface area contributed by atoms with Gasteiger partial charge < -0.3 is 9.15 Å². The molecule has 1 fully saturated rings. The number of thioether (sulfide) groups is 1. The van der Waals surface area contributed by atoms with E-state index in [0.29, 0.717) is 16.9 Å². The molecule has 94 valence electrons.